The highest BCUT2D eigenvalue weighted by atomic mass is 16.3. The molecule has 0 bridgehead atoms. The van der Waals surface area contributed by atoms with Crippen LogP contribution in [0.2, 0.25) is 0 Å². The fraction of sp³-hybridized carbons (Fsp3) is 0.250. The predicted molar refractivity (Wildman–Crippen MR) is 110 cm³/mol. The Kier molecular flexibility index (Phi) is 2.85. The van der Waals surface area contributed by atoms with Crippen molar-refractivity contribution in [2.45, 2.75) is 33.5 Å². The third-order valence-electron chi connectivity index (χ3n) is 4.97. The van der Waals surface area contributed by atoms with Crippen LogP contribution >= 0.6 is 0 Å². The van der Waals surface area contributed by atoms with Crippen LogP contribution < -0.4 is 4.57 Å². The predicted octanol–water partition coefficient (Wildman–Crippen LogP) is 6.37. The second-order valence-corrected chi connectivity index (χ2v) is 7.01. The Morgan fingerprint density at radius 2 is 2.04 bits per heavy atom. The van der Waals surface area contributed by atoms with Gasteiger partial charge in [-0.05, 0) is 36.4 Å². The van der Waals surface area contributed by atoms with Gasteiger partial charge in [-0.25, -0.2) is 9.41 Å². The minimum absolute atomic E-state index is 0.167. The Labute approximate surface area is 166 Å². The van der Waals surface area contributed by atoms with Crippen LogP contribution in [0.25, 0.3) is 38.0 Å². The average molecular weight is 360 g/mol. The number of aromatic nitrogens is 1. The number of aryl methyl sites for hydroxylation is 2. The molecule has 0 aliphatic carbocycles. The lowest BCUT2D eigenvalue weighted by atomic mass is 9.95. The van der Waals surface area contributed by atoms with Gasteiger partial charge >= 0.3 is 0 Å². The molecular formula is C24H23N2O+. The number of hydrogen-bond donors (Lipinski definition) is 0. The summed E-state index contributed by atoms with van der Waals surface area (Å²) in [5.41, 5.74) is 3.85. The van der Waals surface area contributed by atoms with Gasteiger partial charge in [-0.3, -0.25) is 0 Å². The summed E-state index contributed by atoms with van der Waals surface area (Å²) in [7, 11) is 1.76. The minimum Gasteiger partial charge on any atom is -0.466 e. The van der Waals surface area contributed by atoms with Crippen molar-refractivity contribution in [3.8, 4) is 11.3 Å². The maximum Gasteiger partial charge on any atom is 0.229 e. The van der Waals surface area contributed by atoms with Crippen LogP contribution in [0, 0.1) is 20.3 Å². The van der Waals surface area contributed by atoms with E-state index in [2.05, 4.69) is 4.85 Å². The van der Waals surface area contributed by atoms with Crippen LogP contribution in [-0.2, 0) is 7.05 Å². The quantitative estimate of drug-likeness (QED) is 0.301. The number of pyridine rings is 1. The van der Waals surface area contributed by atoms with Gasteiger partial charge in [-0.2, -0.15) is 0 Å². The van der Waals surface area contributed by atoms with Crippen molar-refractivity contribution in [1.82, 2.24) is 0 Å². The van der Waals surface area contributed by atoms with Crippen molar-refractivity contribution < 1.29 is 15.8 Å². The molecule has 4 rings (SSSR count). The van der Waals surface area contributed by atoms with E-state index in [9.17, 15) is 0 Å². The van der Waals surface area contributed by atoms with E-state index in [1.165, 1.54) is 0 Å². The van der Waals surface area contributed by atoms with Crippen LogP contribution in [0.15, 0.2) is 47.0 Å². The molecule has 134 valence electrons. The maximum atomic E-state index is 8.45. The highest BCUT2D eigenvalue weighted by Crippen LogP contribution is 2.42. The van der Waals surface area contributed by atoms with Crippen LogP contribution in [0.3, 0.4) is 0 Å². The van der Waals surface area contributed by atoms with Gasteiger partial charge in [0.25, 0.3) is 0 Å². The molecule has 4 aromatic rings. The van der Waals surface area contributed by atoms with Crippen molar-refractivity contribution in [1.29, 1.82) is 0 Å². The zero-order valence-corrected chi connectivity index (χ0v) is 15.8. The Balaban J connectivity index is 2.24. The number of nitrogens with zero attached hydrogens (tertiary/aromatic N) is 2. The molecule has 0 radical (unpaired) electrons. The number of para-hydroxylation sites is 1. The van der Waals surface area contributed by atoms with Gasteiger partial charge in [-0.1, -0.05) is 38.1 Å². The van der Waals surface area contributed by atoms with Gasteiger partial charge in [0, 0.05) is 28.4 Å². The molecular weight excluding hydrogens is 332 g/mol. The monoisotopic (exact) mass is 360 g/mol. The Morgan fingerprint density at radius 1 is 1.22 bits per heavy atom. The molecule has 2 aromatic carbocycles. The van der Waals surface area contributed by atoms with Gasteiger partial charge in [0.2, 0.25) is 11.4 Å². The molecule has 0 aliphatic heterocycles. The zero-order valence-electron chi connectivity index (χ0n) is 20.8. The molecule has 27 heavy (non-hydrogen) atoms. The Hall–Kier alpha value is -3.12. The molecule has 0 atom stereocenters. The van der Waals surface area contributed by atoms with E-state index in [1.54, 1.807) is 55.8 Å². The van der Waals surface area contributed by atoms with E-state index in [0.717, 1.165) is 0 Å². The van der Waals surface area contributed by atoms with E-state index in [-0.39, 0.29) is 11.7 Å². The van der Waals surface area contributed by atoms with Crippen molar-refractivity contribution in [3.05, 3.63) is 70.7 Å². The number of furan rings is 1. The number of fused-ring (bicyclic) bond motifs is 3. The molecule has 0 unspecified atom stereocenters. The summed E-state index contributed by atoms with van der Waals surface area (Å²) in [6.45, 7) is 10.5. The van der Waals surface area contributed by atoms with E-state index in [4.69, 9.17) is 17.8 Å². The summed E-state index contributed by atoms with van der Waals surface area (Å²) in [6.07, 6.45) is 0.225. The molecule has 2 heterocycles. The van der Waals surface area contributed by atoms with Crippen LogP contribution in [0.4, 0.5) is 5.69 Å². The van der Waals surface area contributed by atoms with Crippen LogP contribution in [-0.4, -0.2) is 0 Å². The van der Waals surface area contributed by atoms with E-state index < -0.39 is 12.7 Å². The van der Waals surface area contributed by atoms with Gasteiger partial charge in [0.15, 0.2) is 6.17 Å². The van der Waals surface area contributed by atoms with Crippen LogP contribution in [0.1, 0.15) is 43.3 Å². The fourth-order valence-corrected chi connectivity index (χ4v) is 3.54. The number of hydrogen-bond acceptors (Lipinski definition) is 1. The zero-order chi connectivity index (χ0) is 23.6. The van der Waals surface area contributed by atoms with Gasteiger partial charge < -0.3 is 4.42 Å². The molecule has 0 aliphatic rings. The molecule has 3 nitrogen and oxygen atoms in total. The lowest BCUT2D eigenvalue weighted by molar-refractivity contribution is -0.660. The molecule has 0 saturated carbocycles. The molecule has 0 fully saturated rings. The largest absolute Gasteiger partial charge is 0.466 e. The van der Waals surface area contributed by atoms with E-state index in [0.29, 0.717) is 50.0 Å². The van der Waals surface area contributed by atoms with Crippen molar-refractivity contribution in [2.24, 2.45) is 7.05 Å². The summed E-state index contributed by atoms with van der Waals surface area (Å²) in [5.74, 6) is -0.921. The molecule has 3 heteroatoms. The normalized spacial score (nSPS) is 15.0. The van der Waals surface area contributed by atoms with Crippen molar-refractivity contribution in [3.63, 3.8) is 0 Å². The second-order valence-electron chi connectivity index (χ2n) is 7.01. The molecule has 0 amide bonds. The number of rotatable bonds is 2. The first kappa shape index (κ1) is 12.3. The molecule has 0 spiro atoms. The highest BCUT2D eigenvalue weighted by Gasteiger charge is 2.23. The summed E-state index contributed by atoms with van der Waals surface area (Å²) in [4.78, 5) is 3.54. The smallest absolute Gasteiger partial charge is 0.229 e. The third-order valence-corrected chi connectivity index (χ3v) is 4.97. The summed E-state index contributed by atoms with van der Waals surface area (Å²) in [5, 5.41) is 1.03. The average Bonchev–Trinajstić information content (AvgIpc) is 3.07. The first-order valence-corrected chi connectivity index (χ1v) is 8.73. The van der Waals surface area contributed by atoms with Crippen LogP contribution in [0.5, 0.6) is 0 Å². The summed E-state index contributed by atoms with van der Waals surface area (Å²) in [6, 6.07) is 10.3. The van der Waals surface area contributed by atoms with Gasteiger partial charge in [-0.15, -0.1) is 0 Å². The molecule has 0 N–H and O–H groups in total. The SMILES string of the molecule is [2H]c1cc(C([2H])(C)C)cc(-c2c(C)cc(C([2H])([2H])[2H])c3c2oc2c([N+]#[C-])cccc23)[n+]1C. The molecule has 0 saturated heterocycles. The lowest BCUT2D eigenvalue weighted by Crippen LogP contribution is -2.31. The Bertz CT molecular complexity index is 1440. The summed E-state index contributed by atoms with van der Waals surface area (Å²) >= 11 is 0. The van der Waals surface area contributed by atoms with Gasteiger partial charge in [0.1, 0.15) is 19.6 Å². The van der Waals surface area contributed by atoms with E-state index in [1.807, 2.05) is 13.0 Å². The highest BCUT2D eigenvalue weighted by molar-refractivity contribution is 6.14. The first-order valence-electron chi connectivity index (χ1n) is 11.2. The number of benzene rings is 2. The lowest BCUT2D eigenvalue weighted by Gasteiger charge is -2.10. The minimum atomic E-state index is -2.37. The summed E-state index contributed by atoms with van der Waals surface area (Å²) < 4.78 is 49.1. The first-order chi connectivity index (χ1) is 14.8. The van der Waals surface area contributed by atoms with E-state index >= 15 is 0 Å². The van der Waals surface area contributed by atoms with Crippen molar-refractivity contribution >= 4 is 27.6 Å². The molecule has 2 aromatic heterocycles. The van der Waals surface area contributed by atoms with Crippen molar-refractivity contribution in [2.75, 3.05) is 0 Å². The topological polar surface area (TPSA) is 21.4 Å². The fourth-order valence-electron chi connectivity index (χ4n) is 3.54. The standard InChI is InChI=1S/C24H23N2O/c1-14(2)17-10-11-26(6)20(13-17)22-16(4)12-15(3)21-18-8-7-9-19(25-5)23(18)27-24(21)22/h7-14H,1-4,6H3/q+1/i3D3,11D,14D. The maximum absolute atomic E-state index is 8.45. The second kappa shape index (κ2) is 6.25. The third kappa shape index (κ3) is 2.61. The Morgan fingerprint density at radius 3 is 2.74 bits per heavy atom. The van der Waals surface area contributed by atoms with Gasteiger partial charge in [0.05, 0.1) is 12.1 Å².